The van der Waals surface area contributed by atoms with Crippen LogP contribution in [0.15, 0.2) is 85.1 Å². The number of allylic oxidation sites excluding steroid dienone is 14. The summed E-state index contributed by atoms with van der Waals surface area (Å²) < 4.78 is 22.7. The molecule has 0 bridgehead atoms. The Morgan fingerprint density at radius 2 is 1.07 bits per heavy atom. The number of ether oxygens (including phenoxy) is 4. The lowest BCUT2D eigenvalue weighted by Gasteiger charge is -2.39. The smallest absolute Gasteiger partial charge is 0.306 e. The number of unbranched alkanes of at least 4 members (excludes halogenated alkanes) is 8. The molecule has 1 aliphatic rings. The summed E-state index contributed by atoms with van der Waals surface area (Å²) >= 11 is 0. The first kappa shape index (κ1) is 49.4. The standard InChI is InChI=1S/C45H74O9/c1-3-5-7-9-11-13-15-17-18-19-20-21-23-25-27-29-31-33-35-51-37-39(38-52-45-44(50)43(49)42(48)40(36-46)54-45)53-41(47)34-32-30-28-26-24-22-16-14-12-10-8-6-4-2/h5-8,11-14,17-18,20-22,24,39-40,42-46,48-50H,3-4,9-10,15-16,19,23,25-38H2,1-2H3/b7-5-,8-6-,13-11-,14-12-,18-17-,21-20-,24-22-. The van der Waals surface area contributed by atoms with Crippen LogP contribution < -0.4 is 0 Å². The molecule has 1 rings (SSSR count). The van der Waals surface area contributed by atoms with Crippen molar-refractivity contribution < 1.29 is 44.2 Å². The number of aliphatic hydroxyl groups is 4. The van der Waals surface area contributed by atoms with E-state index in [1.807, 2.05) is 0 Å². The van der Waals surface area contributed by atoms with Crippen LogP contribution in [0.3, 0.4) is 0 Å². The first-order chi connectivity index (χ1) is 26.4. The lowest BCUT2D eigenvalue weighted by molar-refractivity contribution is -0.305. The van der Waals surface area contributed by atoms with Gasteiger partial charge in [0.15, 0.2) is 6.29 Å². The van der Waals surface area contributed by atoms with Gasteiger partial charge in [-0.15, -0.1) is 0 Å². The highest BCUT2D eigenvalue weighted by Gasteiger charge is 2.44. The van der Waals surface area contributed by atoms with Gasteiger partial charge in [-0.3, -0.25) is 4.79 Å². The Morgan fingerprint density at radius 3 is 1.61 bits per heavy atom. The molecule has 0 aromatic rings. The van der Waals surface area contributed by atoms with Gasteiger partial charge in [-0.1, -0.05) is 125 Å². The van der Waals surface area contributed by atoms with Crippen LogP contribution in [0.2, 0.25) is 0 Å². The number of hydrogen-bond acceptors (Lipinski definition) is 9. The van der Waals surface area contributed by atoms with E-state index in [0.29, 0.717) is 13.0 Å². The summed E-state index contributed by atoms with van der Waals surface area (Å²) in [6.07, 6.45) is 40.4. The molecule has 0 aliphatic carbocycles. The van der Waals surface area contributed by atoms with Crippen molar-refractivity contribution in [2.24, 2.45) is 0 Å². The lowest BCUT2D eigenvalue weighted by atomic mass is 9.99. The Labute approximate surface area is 327 Å². The van der Waals surface area contributed by atoms with E-state index in [4.69, 9.17) is 18.9 Å². The minimum atomic E-state index is -1.55. The van der Waals surface area contributed by atoms with Gasteiger partial charge in [0.2, 0.25) is 0 Å². The highest BCUT2D eigenvalue weighted by molar-refractivity contribution is 5.69. The zero-order chi connectivity index (χ0) is 39.3. The van der Waals surface area contributed by atoms with Crippen molar-refractivity contribution in [2.75, 3.05) is 26.4 Å². The topological polar surface area (TPSA) is 135 Å². The number of esters is 1. The molecule has 308 valence electrons. The van der Waals surface area contributed by atoms with Crippen LogP contribution >= 0.6 is 0 Å². The van der Waals surface area contributed by atoms with Crippen LogP contribution in [0.1, 0.15) is 129 Å². The molecular weight excluding hydrogens is 684 g/mol. The largest absolute Gasteiger partial charge is 0.457 e. The van der Waals surface area contributed by atoms with Gasteiger partial charge in [-0.25, -0.2) is 0 Å². The molecule has 54 heavy (non-hydrogen) atoms. The minimum absolute atomic E-state index is 0.114. The first-order valence-corrected chi connectivity index (χ1v) is 20.7. The van der Waals surface area contributed by atoms with E-state index in [-0.39, 0.29) is 25.6 Å². The molecule has 1 heterocycles. The predicted molar refractivity (Wildman–Crippen MR) is 219 cm³/mol. The second-order valence-corrected chi connectivity index (χ2v) is 13.7. The van der Waals surface area contributed by atoms with Crippen molar-refractivity contribution in [1.29, 1.82) is 0 Å². The molecule has 0 aromatic heterocycles. The molecule has 0 radical (unpaired) electrons. The molecule has 6 atom stereocenters. The molecule has 0 aromatic carbocycles. The SMILES string of the molecule is CC/C=C\C/C=C\C/C=C\C/C=C\CCCCCCCOCC(COC1OC(CO)C(O)C(O)C1O)OC(=O)CCCCC/C=C\C/C=C\C/C=C\CC. The van der Waals surface area contributed by atoms with Crippen molar-refractivity contribution in [2.45, 2.75) is 166 Å². The molecule has 6 unspecified atom stereocenters. The maximum atomic E-state index is 12.7. The van der Waals surface area contributed by atoms with Crippen molar-refractivity contribution in [3.05, 3.63) is 85.1 Å². The third-order valence-corrected chi connectivity index (χ3v) is 8.81. The summed E-state index contributed by atoms with van der Waals surface area (Å²) in [5, 5.41) is 40.0. The summed E-state index contributed by atoms with van der Waals surface area (Å²) in [6.45, 7) is 4.21. The van der Waals surface area contributed by atoms with Crippen LogP contribution in [0.25, 0.3) is 0 Å². The van der Waals surface area contributed by atoms with Gasteiger partial charge < -0.3 is 39.4 Å². The first-order valence-electron chi connectivity index (χ1n) is 20.7. The van der Waals surface area contributed by atoms with E-state index in [2.05, 4.69) is 98.9 Å². The van der Waals surface area contributed by atoms with Crippen LogP contribution in [-0.2, 0) is 23.7 Å². The van der Waals surface area contributed by atoms with E-state index >= 15 is 0 Å². The molecule has 0 amide bonds. The Morgan fingerprint density at radius 1 is 0.593 bits per heavy atom. The Kier molecular flexibility index (Phi) is 33.0. The van der Waals surface area contributed by atoms with Gasteiger partial charge in [0, 0.05) is 13.0 Å². The number of rotatable bonds is 33. The van der Waals surface area contributed by atoms with Crippen LogP contribution in [0.4, 0.5) is 0 Å². The molecular formula is C45H74O9. The van der Waals surface area contributed by atoms with Crippen molar-refractivity contribution in [3.63, 3.8) is 0 Å². The molecule has 1 fully saturated rings. The van der Waals surface area contributed by atoms with Crippen molar-refractivity contribution in [3.8, 4) is 0 Å². The third-order valence-electron chi connectivity index (χ3n) is 8.81. The van der Waals surface area contributed by atoms with Gasteiger partial charge in [0.25, 0.3) is 0 Å². The zero-order valence-electron chi connectivity index (χ0n) is 33.4. The predicted octanol–water partition coefficient (Wildman–Crippen LogP) is 8.69. The quantitative estimate of drug-likeness (QED) is 0.0295. The highest BCUT2D eigenvalue weighted by Crippen LogP contribution is 2.22. The van der Waals surface area contributed by atoms with Gasteiger partial charge in [0.1, 0.15) is 30.5 Å². The maximum Gasteiger partial charge on any atom is 0.306 e. The third kappa shape index (κ3) is 27.0. The fourth-order valence-corrected chi connectivity index (χ4v) is 5.61. The normalized spacial score (nSPS) is 21.8. The molecule has 4 N–H and O–H groups in total. The van der Waals surface area contributed by atoms with E-state index < -0.39 is 43.4 Å². The average molecular weight is 759 g/mol. The summed E-state index contributed by atoms with van der Waals surface area (Å²) in [4.78, 5) is 12.7. The average Bonchev–Trinajstić information content (AvgIpc) is 3.17. The summed E-state index contributed by atoms with van der Waals surface area (Å²) in [7, 11) is 0. The Balaban J connectivity index is 2.34. The fourth-order valence-electron chi connectivity index (χ4n) is 5.61. The van der Waals surface area contributed by atoms with Crippen molar-refractivity contribution >= 4 is 5.97 Å². The number of aliphatic hydroxyl groups excluding tert-OH is 4. The van der Waals surface area contributed by atoms with E-state index in [1.165, 1.54) is 0 Å². The van der Waals surface area contributed by atoms with Gasteiger partial charge >= 0.3 is 5.97 Å². The molecule has 1 saturated heterocycles. The molecule has 9 heteroatoms. The second kappa shape index (κ2) is 36.0. The molecule has 0 saturated carbocycles. The summed E-state index contributed by atoms with van der Waals surface area (Å²) in [5.41, 5.74) is 0. The minimum Gasteiger partial charge on any atom is -0.457 e. The highest BCUT2D eigenvalue weighted by atomic mass is 16.7. The van der Waals surface area contributed by atoms with Crippen LogP contribution in [0.5, 0.6) is 0 Å². The lowest BCUT2D eigenvalue weighted by Crippen LogP contribution is -2.59. The van der Waals surface area contributed by atoms with E-state index in [1.54, 1.807) is 0 Å². The second-order valence-electron chi connectivity index (χ2n) is 13.7. The summed E-state index contributed by atoms with van der Waals surface area (Å²) in [5.74, 6) is -0.355. The number of carbonyl (C=O) groups is 1. The monoisotopic (exact) mass is 759 g/mol. The van der Waals surface area contributed by atoms with E-state index in [9.17, 15) is 25.2 Å². The Hall–Kier alpha value is -2.63. The molecule has 1 aliphatic heterocycles. The maximum absolute atomic E-state index is 12.7. The van der Waals surface area contributed by atoms with Gasteiger partial charge in [-0.05, 0) is 83.5 Å². The van der Waals surface area contributed by atoms with E-state index in [0.717, 1.165) is 103 Å². The van der Waals surface area contributed by atoms with Crippen molar-refractivity contribution in [1.82, 2.24) is 0 Å². The number of hydrogen-bond donors (Lipinski definition) is 4. The Bertz CT molecular complexity index is 1090. The van der Waals surface area contributed by atoms with Gasteiger partial charge in [0.05, 0.1) is 19.8 Å². The van der Waals surface area contributed by atoms with Crippen LogP contribution in [0, 0.1) is 0 Å². The zero-order valence-corrected chi connectivity index (χ0v) is 33.4. The fraction of sp³-hybridized carbons (Fsp3) is 0.667. The molecule has 0 spiro atoms. The van der Waals surface area contributed by atoms with Crippen LogP contribution in [-0.4, -0.2) is 89.6 Å². The molecule has 9 nitrogen and oxygen atoms in total. The number of carbonyl (C=O) groups excluding carboxylic acids is 1. The van der Waals surface area contributed by atoms with Gasteiger partial charge in [-0.2, -0.15) is 0 Å². The summed E-state index contributed by atoms with van der Waals surface area (Å²) in [6, 6.07) is 0.